The molecule has 0 fully saturated rings. The van der Waals surface area contributed by atoms with E-state index in [0.717, 1.165) is 20.8 Å². The molecule has 1 atom stereocenters. The van der Waals surface area contributed by atoms with Crippen molar-refractivity contribution in [2.75, 3.05) is 0 Å². The second kappa shape index (κ2) is 8.22. The zero-order valence-corrected chi connectivity index (χ0v) is 16.9. The van der Waals surface area contributed by atoms with Crippen LogP contribution in [0.2, 0.25) is 0 Å². The van der Waals surface area contributed by atoms with Crippen LogP contribution in [0.3, 0.4) is 0 Å². The third-order valence-electron chi connectivity index (χ3n) is 4.31. The minimum Gasteiger partial charge on any atom is -0.351 e. The van der Waals surface area contributed by atoms with Crippen LogP contribution in [0.5, 0.6) is 0 Å². The van der Waals surface area contributed by atoms with E-state index in [-0.39, 0.29) is 22.5 Å². The van der Waals surface area contributed by atoms with Crippen LogP contribution in [-0.4, -0.2) is 21.1 Å². The Kier molecular flexibility index (Phi) is 5.96. The molecular formula is C19H20FN3O2S2. The van der Waals surface area contributed by atoms with E-state index in [0.29, 0.717) is 23.5 Å². The van der Waals surface area contributed by atoms with Crippen molar-refractivity contribution in [1.29, 1.82) is 0 Å². The number of benzene rings is 1. The van der Waals surface area contributed by atoms with Gasteiger partial charge in [0, 0.05) is 11.4 Å². The lowest BCUT2D eigenvalue weighted by Crippen LogP contribution is -2.30. The summed E-state index contributed by atoms with van der Waals surface area (Å²) < 4.78 is 12.9. The molecule has 0 aliphatic rings. The first-order chi connectivity index (χ1) is 12.8. The molecule has 0 aliphatic heterocycles. The number of hydrogen-bond acceptors (Lipinski definition) is 5. The first kappa shape index (κ1) is 19.6. The largest absolute Gasteiger partial charge is 0.351 e. The zero-order chi connectivity index (χ0) is 19.6. The predicted octanol–water partition coefficient (Wildman–Crippen LogP) is 3.68. The number of fused-ring (bicyclic) bond motifs is 1. The Labute approximate surface area is 164 Å². The fourth-order valence-electron chi connectivity index (χ4n) is 2.58. The zero-order valence-electron chi connectivity index (χ0n) is 15.3. The van der Waals surface area contributed by atoms with Gasteiger partial charge in [0.05, 0.1) is 16.4 Å². The number of H-pyrrole nitrogens is 1. The predicted molar refractivity (Wildman–Crippen MR) is 109 cm³/mol. The van der Waals surface area contributed by atoms with E-state index in [1.807, 2.05) is 13.8 Å². The summed E-state index contributed by atoms with van der Waals surface area (Å²) in [4.78, 5) is 33.7. The van der Waals surface area contributed by atoms with Gasteiger partial charge in [-0.05, 0) is 44.0 Å². The van der Waals surface area contributed by atoms with Crippen LogP contribution in [0.1, 0.15) is 28.8 Å². The highest BCUT2D eigenvalue weighted by Crippen LogP contribution is 2.26. The Balaban J connectivity index is 1.59. The number of thioether (sulfide) groups is 1. The van der Waals surface area contributed by atoms with Gasteiger partial charge in [0.15, 0.2) is 0 Å². The number of thiophene rings is 1. The standard InChI is InChI=1S/C19H20FN3O2S2/c1-10-11(2)27-19-16(10)18(25)22-15(23-19)9-26-12(3)17(24)21-8-13-4-6-14(20)7-5-13/h4-7,12H,8-9H2,1-3H3,(H,21,24)(H,22,23,25)/t12-/m1/s1. The third-order valence-corrected chi connectivity index (χ3v) is 6.56. The van der Waals surface area contributed by atoms with E-state index in [2.05, 4.69) is 15.3 Å². The summed E-state index contributed by atoms with van der Waals surface area (Å²) in [5, 5.41) is 3.18. The van der Waals surface area contributed by atoms with E-state index >= 15 is 0 Å². The van der Waals surface area contributed by atoms with Crippen LogP contribution in [0.25, 0.3) is 10.2 Å². The van der Waals surface area contributed by atoms with Crippen LogP contribution in [0.15, 0.2) is 29.1 Å². The van der Waals surface area contributed by atoms with Crippen molar-refractivity contribution >= 4 is 39.2 Å². The number of aromatic nitrogens is 2. The lowest BCUT2D eigenvalue weighted by atomic mass is 10.2. The molecule has 5 nitrogen and oxygen atoms in total. The lowest BCUT2D eigenvalue weighted by molar-refractivity contribution is -0.120. The summed E-state index contributed by atoms with van der Waals surface area (Å²) in [7, 11) is 0. The first-order valence-corrected chi connectivity index (χ1v) is 10.3. The number of carbonyl (C=O) groups is 1. The molecule has 0 bridgehead atoms. The van der Waals surface area contributed by atoms with Crippen molar-refractivity contribution in [2.45, 2.75) is 38.3 Å². The summed E-state index contributed by atoms with van der Waals surface area (Å²) in [6.45, 7) is 6.05. The molecule has 0 unspecified atom stereocenters. The average Bonchev–Trinajstić information content (AvgIpc) is 2.93. The van der Waals surface area contributed by atoms with Crippen LogP contribution in [-0.2, 0) is 17.1 Å². The van der Waals surface area contributed by atoms with Gasteiger partial charge in [-0.25, -0.2) is 9.37 Å². The maximum Gasteiger partial charge on any atom is 0.259 e. The number of halogens is 1. The molecule has 0 saturated carbocycles. The summed E-state index contributed by atoms with van der Waals surface area (Å²) in [6, 6.07) is 6.02. The number of aryl methyl sites for hydroxylation is 2. The minimum absolute atomic E-state index is 0.115. The topological polar surface area (TPSA) is 74.8 Å². The summed E-state index contributed by atoms with van der Waals surface area (Å²) in [6.07, 6.45) is 0. The number of hydrogen-bond donors (Lipinski definition) is 2. The van der Waals surface area contributed by atoms with Crippen molar-refractivity contribution in [3.63, 3.8) is 0 Å². The van der Waals surface area contributed by atoms with Gasteiger partial charge >= 0.3 is 0 Å². The van der Waals surface area contributed by atoms with Gasteiger partial charge in [0.25, 0.3) is 5.56 Å². The summed E-state index contributed by atoms with van der Waals surface area (Å²) >= 11 is 2.91. The fraction of sp³-hybridized carbons (Fsp3) is 0.316. The Morgan fingerprint density at radius 3 is 2.74 bits per heavy atom. The number of nitrogens with zero attached hydrogens (tertiary/aromatic N) is 1. The molecule has 3 aromatic rings. The maximum absolute atomic E-state index is 12.9. The Morgan fingerprint density at radius 2 is 2.04 bits per heavy atom. The Bertz CT molecular complexity index is 1030. The third kappa shape index (κ3) is 4.56. The molecule has 0 aliphatic carbocycles. The highest BCUT2D eigenvalue weighted by atomic mass is 32.2. The van der Waals surface area contributed by atoms with E-state index in [1.165, 1.54) is 35.2 Å². The van der Waals surface area contributed by atoms with Gasteiger partial charge in [0.1, 0.15) is 16.5 Å². The van der Waals surface area contributed by atoms with E-state index in [4.69, 9.17) is 0 Å². The number of carbonyl (C=O) groups excluding carboxylic acids is 1. The van der Waals surface area contributed by atoms with Gasteiger partial charge in [0.2, 0.25) is 5.91 Å². The minimum atomic E-state index is -0.307. The number of amides is 1. The first-order valence-electron chi connectivity index (χ1n) is 8.48. The van der Waals surface area contributed by atoms with Crippen LogP contribution in [0.4, 0.5) is 4.39 Å². The van der Waals surface area contributed by atoms with E-state index < -0.39 is 0 Å². The van der Waals surface area contributed by atoms with Crippen LogP contribution in [0, 0.1) is 19.7 Å². The fourth-order valence-corrected chi connectivity index (χ4v) is 4.41. The molecule has 2 N–H and O–H groups in total. The molecule has 1 amide bonds. The van der Waals surface area contributed by atoms with Gasteiger partial charge < -0.3 is 10.3 Å². The van der Waals surface area contributed by atoms with E-state index in [1.54, 1.807) is 19.1 Å². The van der Waals surface area contributed by atoms with E-state index in [9.17, 15) is 14.0 Å². The molecule has 27 heavy (non-hydrogen) atoms. The highest BCUT2D eigenvalue weighted by Gasteiger charge is 2.16. The molecule has 3 rings (SSSR count). The number of nitrogens with one attached hydrogen (secondary N) is 2. The molecule has 0 radical (unpaired) electrons. The highest BCUT2D eigenvalue weighted by molar-refractivity contribution is 7.99. The molecule has 2 heterocycles. The Hall–Kier alpha value is -2.19. The molecule has 142 valence electrons. The number of aromatic amines is 1. The summed E-state index contributed by atoms with van der Waals surface area (Å²) in [5.41, 5.74) is 1.67. The molecule has 0 spiro atoms. The summed E-state index contributed by atoms with van der Waals surface area (Å²) in [5.74, 6) is 0.586. The smallest absolute Gasteiger partial charge is 0.259 e. The number of rotatable bonds is 6. The van der Waals surface area contributed by atoms with Crippen molar-refractivity contribution in [2.24, 2.45) is 0 Å². The average molecular weight is 406 g/mol. The van der Waals surface area contributed by atoms with Crippen molar-refractivity contribution < 1.29 is 9.18 Å². The molecular weight excluding hydrogens is 385 g/mol. The van der Waals surface area contributed by atoms with Crippen molar-refractivity contribution in [3.8, 4) is 0 Å². The molecule has 1 aromatic carbocycles. The molecule has 8 heteroatoms. The molecule has 0 saturated heterocycles. The Morgan fingerprint density at radius 1 is 1.33 bits per heavy atom. The van der Waals surface area contributed by atoms with Gasteiger partial charge in [-0.2, -0.15) is 0 Å². The van der Waals surface area contributed by atoms with Gasteiger partial charge in [-0.1, -0.05) is 12.1 Å². The maximum atomic E-state index is 12.9. The van der Waals surface area contributed by atoms with Gasteiger partial charge in [-0.15, -0.1) is 23.1 Å². The quantitative estimate of drug-likeness (QED) is 0.656. The second-order valence-corrected chi connectivity index (χ2v) is 8.81. The van der Waals surface area contributed by atoms with Crippen molar-refractivity contribution in [1.82, 2.24) is 15.3 Å². The molecule has 2 aromatic heterocycles. The van der Waals surface area contributed by atoms with Crippen LogP contribution >= 0.6 is 23.1 Å². The lowest BCUT2D eigenvalue weighted by Gasteiger charge is -2.12. The normalized spacial score (nSPS) is 12.3. The van der Waals surface area contributed by atoms with Gasteiger partial charge in [-0.3, -0.25) is 9.59 Å². The van der Waals surface area contributed by atoms with Crippen LogP contribution < -0.4 is 10.9 Å². The SMILES string of the molecule is Cc1sc2nc(CS[C@H](C)C(=O)NCc3ccc(F)cc3)[nH]c(=O)c2c1C. The second-order valence-electron chi connectivity index (χ2n) is 6.27. The monoisotopic (exact) mass is 405 g/mol. The van der Waals surface area contributed by atoms with Crippen molar-refractivity contribution in [3.05, 3.63) is 62.3 Å².